The lowest BCUT2D eigenvalue weighted by Crippen LogP contribution is -2.48. The number of ether oxygens (including phenoxy) is 1. The maximum Gasteiger partial charge on any atom is 0.355 e. The summed E-state index contributed by atoms with van der Waals surface area (Å²) >= 11 is 6.24. The van der Waals surface area contributed by atoms with E-state index in [-0.39, 0.29) is 12.3 Å². The summed E-state index contributed by atoms with van der Waals surface area (Å²) in [6.45, 7) is 5.45. The molecule has 0 radical (unpaired) electrons. The third-order valence-corrected chi connectivity index (χ3v) is 5.95. The van der Waals surface area contributed by atoms with Crippen LogP contribution in [0, 0.1) is 19.8 Å². The minimum absolute atomic E-state index is 0.113. The van der Waals surface area contributed by atoms with Crippen molar-refractivity contribution in [3.05, 3.63) is 64.2 Å². The molecule has 0 unspecified atom stereocenters. The number of aryl methyl sites for hydroxylation is 1. The Bertz CT molecular complexity index is 1100. The van der Waals surface area contributed by atoms with Gasteiger partial charge in [-0.1, -0.05) is 47.5 Å². The molecule has 2 aliphatic rings. The predicted molar refractivity (Wildman–Crippen MR) is 112 cm³/mol. The van der Waals surface area contributed by atoms with E-state index in [9.17, 15) is 14.4 Å². The highest BCUT2D eigenvalue weighted by Crippen LogP contribution is 2.46. The molecule has 1 fully saturated rings. The minimum Gasteiger partial charge on any atom is -0.461 e. The first-order chi connectivity index (χ1) is 14.3. The number of nitrogens with zero attached hydrogens (tertiary/aromatic N) is 2. The topological polar surface area (TPSA) is 88.1 Å². The number of imide groups is 1. The van der Waals surface area contributed by atoms with Gasteiger partial charge in [-0.3, -0.25) is 15.0 Å². The van der Waals surface area contributed by atoms with Crippen molar-refractivity contribution in [1.82, 2.24) is 5.43 Å². The Morgan fingerprint density at radius 1 is 1.20 bits per heavy atom. The lowest BCUT2D eigenvalue weighted by atomic mass is 9.78. The average molecular weight is 426 g/mol. The number of hydrogen-bond acceptors (Lipinski definition) is 6. The van der Waals surface area contributed by atoms with Crippen LogP contribution in [-0.4, -0.2) is 30.1 Å². The number of fused-ring (bicyclic) bond motifs is 1. The number of benzene rings is 2. The summed E-state index contributed by atoms with van der Waals surface area (Å²) in [6, 6.07) is 12.2. The molecule has 0 bridgehead atoms. The monoisotopic (exact) mass is 425 g/mol. The minimum atomic E-state index is -1.53. The van der Waals surface area contributed by atoms with Gasteiger partial charge in [-0.15, -0.1) is 0 Å². The maximum atomic E-state index is 13.8. The molecular formula is C22H20ClN3O4. The first-order valence-corrected chi connectivity index (χ1v) is 9.93. The van der Waals surface area contributed by atoms with E-state index in [0.717, 1.165) is 10.5 Å². The van der Waals surface area contributed by atoms with Crippen LogP contribution in [0.5, 0.6) is 0 Å². The summed E-state index contributed by atoms with van der Waals surface area (Å²) in [7, 11) is 0. The fraction of sp³-hybridized carbons (Fsp3) is 0.273. The zero-order valence-electron chi connectivity index (χ0n) is 16.7. The van der Waals surface area contributed by atoms with Crippen molar-refractivity contribution >= 4 is 40.8 Å². The van der Waals surface area contributed by atoms with E-state index in [1.165, 1.54) is 0 Å². The number of rotatable bonds is 4. The second-order valence-corrected chi connectivity index (χ2v) is 7.71. The highest BCUT2D eigenvalue weighted by Gasteiger charge is 2.67. The smallest absolute Gasteiger partial charge is 0.355 e. The molecule has 0 aromatic heterocycles. The van der Waals surface area contributed by atoms with Crippen LogP contribution in [0.2, 0.25) is 5.02 Å². The second-order valence-electron chi connectivity index (χ2n) is 7.30. The van der Waals surface area contributed by atoms with Crippen LogP contribution in [0.1, 0.15) is 23.6 Å². The van der Waals surface area contributed by atoms with Gasteiger partial charge in [-0.05, 0) is 44.0 Å². The molecule has 0 spiro atoms. The van der Waals surface area contributed by atoms with E-state index in [0.29, 0.717) is 21.8 Å². The van der Waals surface area contributed by atoms with E-state index in [1.807, 2.05) is 19.1 Å². The fourth-order valence-electron chi connectivity index (χ4n) is 3.97. The van der Waals surface area contributed by atoms with Crippen LogP contribution >= 0.6 is 11.6 Å². The Kier molecular flexibility index (Phi) is 4.86. The molecule has 30 heavy (non-hydrogen) atoms. The van der Waals surface area contributed by atoms with E-state index in [2.05, 4.69) is 10.5 Å². The number of esters is 1. The molecule has 7 nitrogen and oxygen atoms in total. The zero-order valence-corrected chi connectivity index (χ0v) is 17.5. The number of hydrogen-bond donors (Lipinski definition) is 1. The highest BCUT2D eigenvalue weighted by atomic mass is 35.5. The summed E-state index contributed by atoms with van der Waals surface area (Å²) in [5.41, 5.74) is 3.68. The summed E-state index contributed by atoms with van der Waals surface area (Å²) in [5, 5.41) is 4.51. The van der Waals surface area contributed by atoms with E-state index in [1.54, 1.807) is 44.2 Å². The Balaban J connectivity index is 1.90. The van der Waals surface area contributed by atoms with Crippen molar-refractivity contribution in [1.29, 1.82) is 0 Å². The van der Waals surface area contributed by atoms with Gasteiger partial charge in [-0.25, -0.2) is 9.69 Å². The number of carbonyl (C=O) groups is 3. The molecule has 2 atom stereocenters. The molecule has 1 saturated heterocycles. The molecular weight excluding hydrogens is 406 g/mol. The van der Waals surface area contributed by atoms with Gasteiger partial charge in [0.05, 0.1) is 12.3 Å². The summed E-state index contributed by atoms with van der Waals surface area (Å²) in [6.07, 6.45) is 0. The largest absolute Gasteiger partial charge is 0.461 e. The third kappa shape index (κ3) is 2.73. The van der Waals surface area contributed by atoms with Gasteiger partial charge in [0, 0.05) is 5.02 Å². The number of anilines is 1. The fourth-order valence-corrected chi connectivity index (χ4v) is 4.14. The third-order valence-electron chi connectivity index (χ3n) is 5.54. The van der Waals surface area contributed by atoms with Crippen molar-refractivity contribution in [2.24, 2.45) is 11.0 Å². The Hall–Kier alpha value is -3.19. The Morgan fingerprint density at radius 2 is 1.90 bits per heavy atom. The molecule has 154 valence electrons. The lowest BCUT2D eigenvalue weighted by molar-refractivity contribution is -0.136. The van der Waals surface area contributed by atoms with Crippen LogP contribution in [0.25, 0.3) is 0 Å². The quantitative estimate of drug-likeness (QED) is 0.601. The lowest BCUT2D eigenvalue weighted by Gasteiger charge is -2.26. The van der Waals surface area contributed by atoms with Crippen LogP contribution in [0.3, 0.4) is 0 Å². The van der Waals surface area contributed by atoms with Gasteiger partial charge in [0.1, 0.15) is 5.92 Å². The van der Waals surface area contributed by atoms with E-state index >= 15 is 0 Å². The first kappa shape index (κ1) is 20.1. The Labute approximate surface area is 178 Å². The van der Waals surface area contributed by atoms with E-state index in [4.69, 9.17) is 16.3 Å². The first-order valence-electron chi connectivity index (χ1n) is 9.55. The number of nitrogens with one attached hydrogen (secondary N) is 1. The van der Waals surface area contributed by atoms with Gasteiger partial charge in [0.25, 0.3) is 5.91 Å². The van der Waals surface area contributed by atoms with Crippen molar-refractivity contribution in [2.75, 3.05) is 11.5 Å². The second kappa shape index (κ2) is 7.25. The molecule has 1 N–H and O–H groups in total. The van der Waals surface area contributed by atoms with Crippen molar-refractivity contribution in [3.8, 4) is 0 Å². The molecule has 0 saturated carbocycles. The summed E-state index contributed by atoms with van der Waals surface area (Å²) in [5.74, 6) is -2.95. The number of hydrazone groups is 1. The van der Waals surface area contributed by atoms with Crippen LogP contribution in [0.4, 0.5) is 5.69 Å². The van der Waals surface area contributed by atoms with E-state index < -0.39 is 29.2 Å². The average Bonchev–Trinajstić information content (AvgIpc) is 3.22. The number of carbonyl (C=O) groups excluding carboxylic acids is 3. The van der Waals surface area contributed by atoms with Crippen molar-refractivity contribution in [3.63, 3.8) is 0 Å². The van der Waals surface area contributed by atoms with Gasteiger partial charge >= 0.3 is 5.97 Å². The summed E-state index contributed by atoms with van der Waals surface area (Å²) < 4.78 is 5.09. The highest BCUT2D eigenvalue weighted by molar-refractivity contribution is 6.47. The number of amides is 2. The van der Waals surface area contributed by atoms with Crippen molar-refractivity contribution in [2.45, 2.75) is 26.3 Å². The SMILES string of the molecule is CCOC(=O)C1=NN[C@]2(c3ccc(C)cc3)C(=O)N(c3cccc(Cl)c3C)C(=O)[C@H]12. The molecule has 2 aromatic rings. The molecule has 4 rings (SSSR count). The van der Waals surface area contributed by atoms with Crippen molar-refractivity contribution < 1.29 is 19.1 Å². The summed E-state index contributed by atoms with van der Waals surface area (Å²) in [4.78, 5) is 41.0. The van der Waals surface area contributed by atoms with Gasteiger partial charge in [0.2, 0.25) is 5.91 Å². The van der Waals surface area contributed by atoms with Gasteiger partial charge < -0.3 is 4.74 Å². The van der Waals surface area contributed by atoms with Crippen LogP contribution in [0.15, 0.2) is 47.6 Å². The molecule has 2 aromatic carbocycles. The molecule has 2 aliphatic heterocycles. The standard InChI is InChI=1S/C22H20ClN3O4/c1-4-30-20(28)18-17-19(27)26(16-7-5-6-15(23)13(16)3)21(29)22(17,25-24-18)14-10-8-12(2)9-11-14/h5-11,17,25H,4H2,1-3H3/t17-,22-/m0/s1. The Morgan fingerprint density at radius 3 is 2.57 bits per heavy atom. The van der Waals surface area contributed by atoms with Crippen LogP contribution in [-0.2, 0) is 24.7 Å². The van der Waals surface area contributed by atoms with Gasteiger partial charge in [0.15, 0.2) is 11.3 Å². The normalized spacial score (nSPS) is 22.6. The zero-order chi connectivity index (χ0) is 21.6. The van der Waals surface area contributed by atoms with Crippen LogP contribution < -0.4 is 10.3 Å². The molecule has 8 heteroatoms. The number of halogens is 1. The molecule has 0 aliphatic carbocycles. The molecule has 2 heterocycles. The molecule has 2 amide bonds. The predicted octanol–water partition coefficient (Wildman–Crippen LogP) is 2.86. The van der Waals surface area contributed by atoms with Gasteiger partial charge in [-0.2, -0.15) is 5.10 Å². The maximum absolute atomic E-state index is 13.8.